The second-order valence-corrected chi connectivity index (χ2v) is 8.89. The standard InChI is InChI=1S/C19H19ClN6O2S2/c20-13-5-1-2-6-14(13)26-18(25-8-3-4-9-25)23-24-19(26)30-11-15(27)22-17-12(16(21)28)7-10-29-17/h1-2,5-7,10H,3-4,8-9,11H2,(H2,21,28)(H,22,27). The number of benzene rings is 1. The SMILES string of the molecule is NC(=O)c1ccsc1NC(=O)CSc1nnc(N2CCCC2)n1-c1ccccc1Cl. The monoisotopic (exact) mass is 462 g/mol. The summed E-state index contributed by atoms with van der Waals surface area (Å²) in [4.78, 5) is 26.1. The first-order chi connectivity index (χ1) is 14.5. The predicted octanol–water partition coefficient (Wildman–Crippen LogP) is 3.41. The molecular weight excluding hydrogens is 444 g/mol. The van der Waals surface area contributed by atoms with E-state index in [1.54, 1.807) is 11.4 Å². The third-order valence-electron chi connectivity index (χ3n) is 4.61. The smallest absolute Gasteiger partial charge is 0.251 e. The van der Waals surface area contributed by atoms with Gasteiger partial charge in [0.1, 0.15) is 5.00 Å². The Bertz CT molecular complexity index is 1080. The number of hydrogen-bond donors (Lipinski definition) is 2. The molecule has 2 aromatic heterocycles. The summed E-state index contributed by atoms with van der Waals surface area (Å²) in [5.74, 6) is -0.0225. The molecule has 11 heteroatoms. The number of para-hydroxylation sites is 1. The van der Waals surface area contributed by atoms with Crippen LogP contribution >= 0.6 is 34.7 Å². The number of carbonyl (C=O) groups is 2. The number of amides is 2. The number of anilines is 2. The molecule has 0 radical (unpaired) electrons. The number of thiophene rings is 1. The third kappa shape index (κ3) is 4.30. The molecule has 2 amide bonds. The van der Waals surface area contributed by atoms with E-state index in [1.807, 2.05) is 28.8 Å². The number of hydrogen-bond acceptors (Lipinski definition) is 7. The Hall–Kier alpha value is -2.56. The van der Waals surface area contributed by atoms with E-state index in [2.05, 4.69) is 20.4 Å². The fraction of sp³-hybridized carbons (Fsp3) is 0.263. The molecule has 156 valence electrons. The molecule has 0 unspecified atom stereocenters. The minimum absolute atomic E-state index is 0.0959. The van der Waals surface area contributed by atoms with E-state index in [-0.39, 0.29) is 11.7 Å². The molecule has 3 aromatic rings. The predicted molar refractivity (Wildman–Crippen MR) is 120 cm³/mol. The molecule has 0 spiro atoms. The first-order valence-electron chi connectivity index (χ1n) is 9.30. The molecule has 8 nitrogen and oxygen atoms in total. The fourth-order valence-corrected chi connectivity index (χ4v) is 4.98. The lowest BCUT2D eigenvalue weighted by atomic mass is 10.3. The van der Waals surface area contributed by atoms with Crippen LogP contribution in [0.1, 0.15) is 23.2 Å². The zero-order chi connectivity index (χ0) is 21.1. The van der Waals surface area contributed by atoms with Crippen molar-refractivity contribution in [1.29, 1.82) is 0 Å². The van der Waals surface area contributed by atoms with Crippen LogP contribution in [-0.2, 0) is 4.79 Å². The number of halogens is 1. The van der Waals surface area contributed by atoms with E-state index in [0.717, 1.165) is 37.6 Å². The zero-order valence-electron chi connectivity index (χ0n) is 15.9. The molecule has 1 aromatic carbocycles. The number of rotatable bonds is 7. The number of thioether (sulfide) groups is 1. The molecule has 30 heavy (non-hydrogen) atoms. The summed E-state index contributed by atoms with van der Waals surface area (Å²) < 4.78 is 1.89. The van der Waals surface area contributed by atoms with Gasteiger partial charge in [0.05, 0.1) is 22.0 Å². The molecule has 0 saturated carbocycles. The maximum Gasteiger partial charge on any atom is 0.251 e. The van der Waals surface area contributed by atoms with Crippen molar-refractivity contribution in [2.24, 2.45) is 5.73 Å². The van der Waals surface area contributed by atoms with Crippen molar-refractivity contribution < 1.29 is 9.59 Å². The number of nitrogens with one attached hydrogen (secondary N) is 1. The van der Waals surface area contributed by atoms with Gasteiger partial charge in [0.25, 0.3) is 5.91 Å². The normalized spacial score (nSPS) is 13.6. The average molecular weight is 463 g/mol. The van der Waals surface area contributed by atoms with Gasteiger partial charge in [-0.15, -0.1) is 21.5 Å². The van der Waals surface area contributed by atoms with E-state index in [0.29, 0.717) is 20.7 Å². The highest BCUT2D eigenvalue weighted by Gasteiger charge is 2.24. The largest absolute Gasteiger partial charge is 0.366 e. The number of primary amides is 1. The fourth-order valence-electron chi connectivity index (χ4n) is 3.21. The molecule has 0 aliphatic carbocycles. The van der Waals surface area contributed by atoms with Gasteiger partial charge in [0.15, 0.2) is 5.16 Å². The molecule has 0 atom stereocenters. The second kappa shape index (κ2) is 9.07. The lowest BCUT2D eigenvalue weighted by molar-refractivity contribution is -0.113. The quantitative estimate of drug-likeness (QED) is 0.521. The summed E-state index contributed by atoms with van der Waals surface area (Å²) in [5, 5.41) is 14.7. The van der Waals surface area contributed by atoms with Crippen LogP contribution in [0.15, 0.2) is 40.9 Å². The van der Waals surface area contributed by atoms with Gasteiger partial charge in [0, 0.05) is 13.1 Å². The highest BCUT2D eigenvalue weighted by Crippen LogP contribution is 2.32. The Morgan fingerprint density at radius 2 is 1.97 bits per heavy atom. The molecule has 3 N–H and O–H groups in total. The average Bonchev–Trinajstić information content (AvgIpc) is 3.47. The van der Waals surface area contributed by atoms with Gasteiger partial charge >= 0.3 is 0 Å². The van der Waals surface area contributed by atoms with Crippen LogP contribution in [-0.4, -0.2) is 45.4 Å². The summed E-state index contributed by atoms with van der Waals surface area (Å²) in [5.41, 5.74) is 6.40. The molecule has 1 saturated heterocycles. The Labute approximate surface area is 186 Å². The van der Waals surface area contributed by atoms with Crippen molar-refractivity contribution in [1.82, 2.24) is 14.8 Å². The van der Waals surface area contributed by atoms with Crippen LogP contribution in [0, 0.1) is 0 Å². The molecule has 0 bridgehead atoms. The van der Waals surface area contributed by atoms with Crippen molar-refractivity contribution in [2.75, 3.05) is 29.1 Å². The van der Waals surface area contributed by atoms with E-state index in [1.165, 1.54) is 23.1 Å². The molecular formula is C19H19ClN6O2S2. The van der Waals surface area contributed by atoms with E-state index in [4.69, 9.17) is 17.3 Å². The summed E-state index contributed by atoms with van der Waals surface area (Å²) in [6.45, 7) is 1.81. The highest BCUT2D eigenvalue weighted by molar-refractivity contribution is 7.99. The van der Waals surface area contributed by atoms with Crippen molar-refractivity contribution >= 4 is 57.5 Å². The van der Waals surface area contributed by atoms with Crippen molar-refractivity contribution in [3.63, 3.8) is 0 Å². The van der Waals surface area contributed by atoms with Crippen LogP contribution in [0.25, 0.3) is 5.69 Å². The van der Waals surface area contributed by atoms with Gasteiger partial charge in [-0.25, -0.2) is 0 Å². The summed E-state index contributed by atoms with van der Waals surface area (Å²) in [6.07, 6.45) is 2.20. The van der Waals surface area contributed by atoms with Crippen molar-refractivity contribution in [2.45, 2.75) is 18.0 Å². The molecule has 1 aliphatic rings. The van der Waals surface area contributed by atoms with E-state index >= 15 is 0 Å². The minimum atomic E-state index is -0.576. The van der Waals surface area contributed by atoms with Crippen LogP contribution < -0.4 is 16.0 Å². The van der Waals surface area contributed by atoms with Crippen LogP contribution in [0.2, 0.25) is 5.02 Å². The first-order valence-corrected chi connectivity index (χ1v) is 11.5. The number of nitrogens with two attached hydrogens (primary N) is 1. The van der Waals surface area contributed by atoms with Gasteiger partial charge in [-0.3, -0.25) is 14.2 Å². The molecule has 1 fully saturated rings. The summed E-state index contributed by atoms with van der Waals surface area (Å²) in [6, 6.07) is 9.07. The van der Waals surface area contributed by atoms with Crippen molar-refractivity contribution in [3.8, 4) is 5.69 Å². The molecule has 3 heterocycles. The lowest BCUT2D eigenvalue weighted by Gasteiger charge is -2.19. The third-order valence-corrected chi connectivity index (χ3v) is 6.69. The second-order valence-electron chi connectivity index (χ2n) is 6.63. The van der Waals surface area contributed by atoms with Gasteiger partial charge in [-0.05, 0) is 36.4 Å². The Morgan fingerprint density at radius 3 is 2.70 bits per heavy atom. The lowest BCUT2D eigenvalue weighted by Crippen LogP contribution is -2.22. The van der Waals surface area contributed by atoms with Gasteiger partial charge in [0.2, 0.25) is 11.9 Å². The van der Waals surface area contributed by atoms with Gasteiger partial charge < -0.3 is 16.0 Å². The summed E-state index contributed by atoms with van der Waals surface area (Å²) >= 11 is 8.95. The first kappa shape index (κ1) is 20.7. The Morgan fingerprint density at radius 1 is 1.20 bits per heavy atom. The maximum atomic E-state index is 12.5. The van der Waals surface area contributed by atoms with E-state index in [9.17, 15) is 9.59 Å². The van der Waals surface area contributed by atoms with Gasteiger partial charge in [-0.1, -0.05) is 35.5 Å². The van der Waals surface area contributed by atoms with Crippen molar-refractivity contribution in [3.05, 3.63) is 46.3 Å². The number of carbonyl (C=O) groups excluding carboxylic acids is 2. The van der Waals surface area contributed by atoms with Crippen LogP contribution in [0.5, 0.6) is 0 Å². The van der Waals surface area contributed by atoms with Crippen LogP contribution in [0.4, 0.5) is 10.9 Å². The number of nitrogens with zero attached hydrogens (tertiary/aromatic N) is 4. The highest BCUT2D eigenvalue weighted by atomic mass is 35.5. The van der Waals surface area contributed by atoms with E-state index < -0.39 is 5.91 Å². The number of aromatic nitrogens is 3. The van der Waals surface area contributed by atoms with Crippen LogP contribution in [0.3, 0.4) is 0 Å². The molecule has 4 rings (SSSR count). The minimum Gasteiger partial charge on any atom is -0.366 e. The Kier molecular flexibility index (Phi) is 6.26. The summed E-state index contributed by atoms with van der Waals surface area (Å²) in [7, 11) is 0. The Balaban J connectivity index is 1.55. The topological polar surface area (TPSA) is 106 Å². The molecule has 1 aliphatic heterocycles. The van der Waals surface area contributed by atoms with Gasteiger partial charge in [-0.2, -0.15) is 0 Å². The maximum absolute atomic E-state index is 12.5. The zero-order valence-corrected chi connectivity index (χ0v) is 18.3.